The fourth-order valence-corrected chi connectivity index (χ4v) is 1.38. The van der Waals surface area contributed by atoms with Gasteiger partial charge in [0.2, 0.25) is 0 Å². The first-order chi connectivity index (χ1) is 6.86. The SMILES string of the molecule is CNC(CCOC)Cc1ccccn1. The first-order valence-electron chi connectivity index (χ1n) is 4.93. The van der Waals surface area contributed by atoms with Gasteiger partial charge in [-0.15, -0.1) is 0 Å². The summed E-state index contributed by atoms with van der Waals surface area (Å²) in [5.41, 5.74) is 1.13. The van der Waals surface area contributed by atoms with Crippen LogP contribution in [0.5, 0.6) is 0 Å². The third-order valence-electron chi connectivity index (χ3n) is 2.26. The Balaban J connectivity index is 2.40. The second-order valence-electron chi connectivity index (χ2n) is 3.29. The molecule has 3 heteroatoms. The van der Waals surface area contributed by atoms with Gasteiger partial charge in [-0.1, -0.05) is 6.07 Å². The first-order valence-corrected chi connectivity index (χ1v) is 4.93. The van der Waals surface area contributed by atoms with Crippen molar-refractivity contribution in [2.45, 2.75) is 18.9 Å². The van der Waals surface area contributed by atoms with Gasteiger partial charge in [0.25, 0.3) is 0 Å². The molecular formula is C11H18N2O. The Bertz CT molecular complexity index is 238. The predicted octanol–water partition coefficient (Wildman–Crippen LogP) is 1.25. The van der Waals surface area contributed by atoms with Crippen molar-refractivity contribution >= 4 is 0 Å². The Morgan fingerprint density at radius 1 is 1.50 bits per heavy atom. The molecule has 0 aliphatic rings. The van der Waals surface area contributed by atoms with Crippen molar-refractivity contribution in [1.82, 2.24) is 10.3 Å². The molecule has 0 saturated heterocycles. The normalized spacial score (nSPS) is 12.7. The van der Waals surface area contributed by atoms with Crippen molar-refractivity contribution in [2.75, 3.05) is 20.8 Å². The lowest BCUT2D eigenvalue weighted by molar-refractivity contribution is 0.183. The van der Waals surface area contributed by atoms with Gasteiger partial charge < -0.3 is 10.1 Å². The predicted molar refractivity (Wildman–Crippen MR) is 57.3 cm³/mol. The average molecular weight is 194 g/mol. The fourth-order valence-electron chi connectivity index (χ4n) is 1.38. The number of nitrogens with one attached hydrogen (secondary N) is 1. The van der Waals surface area contributed by atoms with Gasteiger partial charge in [0.15, 0.2) is 0 Å². The highest BCUT2D eigenvalue weighted by Crippen LogP contribution is 2.02. The molecule has 1 rings (SSSR count). The molecule has 78 valence electrons. The van der Waals surface area contributed by atoms with E-state index < -0.39 is 0 Å². The van der Waals surface area contributed by atoms with E-state index in [1.165, 1.54) is 0 Å². The molecule has 1 aromatic rings. The van der Waals surface area contributed by atoms with E-state index >= 15 is 0 Å². The average Bonchev–Trinajstić information content (AvgIpc) is 2.25. The van der Waals surface area contributed by atoms with Crippen molar-refractivity contribution in [3.8, 4) is 0 Å². The highest BCUT2D eigenvalue weighted by molar-refractivity contribution is 5.05. The summed E-state index contributed by atoms with van der Waals surface area (Å²) in [7, 11) is 3.71. The van der Waals surface area contributed by atoms with Gasteiger partial charge in [-0.2, -0.15) is 0 Å². The third kappa shape index (κ3) is 3.85. The standard InChI is InChI=1S/C11H18N2O/c1-12-10(6-8-14-2)9-11-5-3-4-7-13-11/h3-5,7,10,12H,6,8-9H2,1-2H3. The summed E-state index contributed by atoms with van der Waals surface area (Å²) >= 11 is 0. The first kappa shape index (κ1) is 11.1. The Hall–Kier alpha value is -0.930. The lowest BCUT2D eigenvalue weighted by Gasteiger charge is -2.14. The van der Waals surface area contributed by atoms with Crippen LogP contribution in [-0.4, -0.2) is 31.8 Å². The van der Waals surface area contributed by atoms with Crippen LogP contribution in [-0.2, 0) is 11.2 Å². The molecule has 1 heterocycles. The van der Waals surface area contributed by atoms with Gasteiger partial charge in [-0.25, -0.2) is 0 Å². The molecule has 0 saturated carbocycles. The Morgan fingerprint density at radius 3 is 2.93 bits per heavy atom. The van der Waals surface area contributed by atoms with Crippen molar-refractivity contribution in [3.63, 3.8) is 0 Å². The van der Waals surface area contributed by atoms with Gasteiger partial charge in [0.05, 0.1) is 0 Å². The molecular weight excluding hydrogens is 176 g/mol. The summed E-state index contributed by atoms with van der Waals surface area (Å²) in [6.07, 6.45) is 3.81. The number of hydrogen-bond donors (Lipinski definition) is 1. The second kappa shape index (κ2) is 6.51. The molecule has 0 aliphatic heterocycles. The van der Waals surface area contributed by atoms with Gasteiger partial charge in [-0.3, -0.25) is 4.98 Å². The van der Waals surface area contributed by atoms with Crippen molar-refractivity contribution in [3.05, 3.63) is 30.1 Å². The van der Waals surface area contributed by atoms with E-state index in [4.69, 9.17) is 4.74 Å². The number of hydrogen-bond acceptors (Lipinski definition) is 3. The van der Waals surface area contributed by atoms with E-state index in [1.54, 1.807) is 7.11 Å². The minimum absolute atomic E-state index is 0.449. The molecule has 0 fully saturated rings. The maximum Gasteiger partial charge on any atom is 0.0477 e. The van der Waals surface area contributed by atoms with Crippen LogP contribution in [0.3, 0.4) is 0 Å². The number of ether oxygens (including phenoxy) is 1. The number of aromatic nitrogens is 1. The highest BCUT2D eigenvalue weighted by Gasteiger charge is 2.06. The third-order valence-corrected chi connectivity index (χ3v) is 2.26. The minimum Gasteiger partial charge on any atom is -0.385 e. The van der Waals surface area contributed by atoms with Crippen LogP contribution in [0.4, 0.5) is 0 Å². The summed E-state index contributed by atoms with van der Waals surface area (Å²) in [5.74, 6) is 0. The van der Waals surface area contributed by atoms with Gasteiger partial charge in [0, 0.05) is 38.1 Å². The van der Waals surface area contributed by atoms with Crippen molar-refractivity contribution in [2.24, 2.45) is 0 Å². The zero-order valence-electron chi connectivity index (χ0n) is 8.86. The number of methoxy groups -OCH3 is 1. The van der Waals surface area contributed by atoms with Crippen LogP contribution >= 0.6 is 0 Å². The molecule has 0 aromatic carbocycles. The quantitative estimate of drug-likeness (QED) is 0.740. The molecule has 1 atom stereocenters. The lowest BCUT2D eigenvalue weighted by Crippen LogP contribution is -2.29. The zero-order chi connectivity index (χ0) is 10.2. The summed E-state index contributed by atoms with van der Waals surface area (Å²) < 4.78 is 5.05. The molecule has 3 nitrogen and oxygen atoms in total. The van der Waals surface area contributed by atoms with Crippen LogP contribution in [0.1, 0.15) is 12.1 Å². The fraction of sp³-hybridized carbons (Fsp3) is 0.545. The molecule has 1 aromatic heterocycles. The molecule has 14 heavy (non-hydrogen) atoms. The van der Waals surface area contributed by atoms with Crippen LogP contribution in [0.2, 0.25) is 0 Å². The Labute approximate surface area is 85.5 Å². The molecule has 1 unspecified atom stereocenters. The maximum atomic E-state index is 5.05. The van der Waals surface area contributed by atoms with E-state index in [2.05, 4.69) is 16.4 Å². The van der Waals surface area contributed by atoms with E-state index in [0.29, 0.717) is 6.04 Å². The molecule has 0 aliphatic carbocycles. The van der Waals surface area contributed by atoms with Crippen molar-refractivity contribution in [1.29, 1.82) is 0 Å². The number of pyridine rings is 1. The molecule has 0 radical (unpaired) electrons. The van der Waals surface area contributed by atoms with Gasteiger partial charge >= 0.3 is 0 Å². The lowest BCUT2D eigenvalue weighted by atomic mass is 10.1. The van der Waals surface area contributed by atoms with Crippen LogP contribution in [0, 0.1) is 0 Å². The topological polar surface area (TPSA) is 34.1 Å². The zero-order valence-corrected chi connectivity index (χ0v) is 8.86. The second-order valence-corrected chi connectivity index (χ2v) is 3.29. The van der Waals surface area contributed by atoms with Gasteiger partial charge in [-0.05, 0) is 25.6 Å². The maximum absolute atomic E-state index is 5.05. The van der Waals surface area contributed by atoms with Crippen LogP contribution < -0.4 is 5.32 Å². The Kier molecular flexibility index (Phi) is 5.19. The largest absolute Gasteiger partial charge is 0.385 e. The molecule has 0 amide bonds. The highest BCUT2D eigenvalue weighted by atomic mass is 16.5. The number of rotatable bonds is 6. The Morgan fingerprint density at radius 2 is 2.36 bits per heavy atom. The van der Waals surface area contributed by atoms with E-state index in [9.17, 15) is 0 Å². The molecule has 0 bridgehead atoms. The molecule has 1 N–H and O–H groups in total. The summed E-state index contributed by atoms with van der Waals surface area (Å²) in [6, 6.07) is 6.46. The van der Waals surface area contributed by atoms with E-state index in [-0.39, 0.29) is 0 Å². The van der Waals surface area contributed by atoms with E-state index in [0.717, 1.165) is 25.1 Å². The summed E-state index contributed by atoms with van der Waals surface area (Å²) in [4.78, 5) is 4.29. The van der Waals surface area contributed by atoms with Gasteiger partial charge in [0.1, 0.15) is 0 Å². The summed E-state index contributed by atoms with van der Waals surface area (Å²) in [5, 5.41) is 3.27. The monoisotopic (exact) mass is 194 g/mol. The summed E-state index contributed by atoms with van der Waals surface area (Å²) in [6.45, 7) is 0.790. The smallest absolute Gasteiger partial charge is 0.0477 e. The number of likely N-dealkylation sites (N-methyl/N-ethyl adjacent to an activating group) is 1. The van der Waals surface area contributed by atoms with Crippen LogP contribution in [0.15, 0.2) is 24.4 Å². The molecule has 0 spiro atoms. The number of nitrogens with zero attached hydrogens (tertiary/aromatic N) is 1. The minimum atomic E-state index is 0.449. The van der Waals surface area contributed by atoms with Crippen LogP contribution in [0.25, 0.3) is 0 Å². The van der Waals surface area contributed by atoms with Crippen molar-refractivity contribution < 1.29 is 4.74 Å². The van der Waals surface area contributed by atoms with E-state index in [1.807, 2.05) is 25.4 Å².